The maximum Gasteiger partial charge on any atom is 0.338 e. The van der Waals surface area contributed by atoms with Gasteiger partial charge in [-0.3, -0.25) is 32.2 Å². The predicted molar refractivity (Wildman–Crippen MR) is 405 cm³/mol. The van der Waals surface area contributed by atoms with E-state index in [1.54, 1.807) is 88.2 Å². The molecule has 3 aromatic carbocycles. The summed E-state index contributed by atoms with van der Waals surface area (Å²) in [5, 5.41) is 43.6. The first kappa shape index (κ1) is 85.1. The maximum atomic E-state index is 13.2. The summed E-state index contributed by atoms with van der Waals surface area (Å²) in [4.78, 5) is 64.4. The highest BCUT2D eigenvalue weighted by Gasteiger charge is 2.58. The van der Waals surface area contributed by atoms with Crippen molar-refractivity contribution in [3.05, 3.63) is 137 Å². The van der Waals surface area contributed by atoms with Gasteiger partial charge < -0.3 is 93.2 Å². The number of aromatic nitrogens is 12. The predicted octanol–water partition coefficient (Wildman–Crippen LogP) is 8.23. The lowest BCUT2D eigenvalue weighted by Crippen LogP contribution is -2.42. The van der Waals surface area contributed by atoms with E-state index < -0.39 is 100 Å². The third kappa shape index (κ3) is 19.3. The van der Waals surface area contributed by atoms with Crippen molar-refractivity contribution in [2.45, 2.75) is 117 Å². The number of carbonyl (C=O) groups excluding carboxylic acids is 2. The molecule has 36 nitrogen and oxygen atoms in total. The van der Waals surface area contributed by atoms with Crippen LogP contribution in [0.2, 0.25) is 5.28 Å². The number of esters is 1. The highest BCUT2D eigenvalue weighted by Crippen LogP contribution is 2.53. The number of anilines is 3. The minimum absolute atomic E-state index is 0.0342. The van der Waals surface area contributed by atoms with Crippen molar-refractivity contribution in [2.75, 3.05) is 103 Å². The fourth-order valence-electron chi connectivity index (χ4n) is 12.9. The average molecular weight is 1620 g/mol. The molecule has 0 radical (unpaired) electrons. The Morgan fingerprint density at radius 1 is 0.559 bits per heavy atom. The van der Waals surface area contributed by atoms with Crippen LogP contribution in [-0.4, -0.2) is 213 Å². The Bertz CT molecular complexity index is 4950. The Labute approximate surface area is 643 Å². The quantitative estimate of drug-likeness (QED) is 0.00732. The summed E-state index contributed by atoms with van der Waals surface area (Å²) in [5.74, 6) is 3.41. The van der Waals surface area contributed by atoms with Gasteiger partial charge in [0, 0.05) is 31.1 Å². The van der Waals surface area contributed by atoms with Crippen molar-refractivity contribution >= 4 is 97.1 Å². The minimum Gasteiger partial charge on any atom is -0.481 e. The second kappa shape index (κ2) is 35.8. The zero-order valence-corrected chi connectivity index (χ0v) is 66.3. The molecule has 3 aliphatic heterocycles. The monoisotopic (exact) mass is 1620 g/mol. The molecule has 0 saturated carbocycles. The molecule has 598 valence electrons. The van der Waals surface area contributed by atoms with Crippen molar-refractivity contribution < 1.29 is 99.3 Å². The van der Waals surface area contributed by atoms with Crippen LogP contribution >= 0.6 is 34.4 Å². The van der Waals surface area contributed by atoms with E-state index in [-0.39, 0.29) is 111 Å². The zero-order chi connectivity index (χ0) is 80.5. The number of aryl methyl sites for hydroxylation is 2. The number of aliphatic hydroxyl groups is 4. The van der Waals surface area contributed by atoms with E-state index in [0.717, 1.165) is 5.56 Å². The standard InChI is InChI=1S/C32H33ClN5O9P.C23H32N5O6P.C16H26N5O6P/c1-5-15-43-22-13-11-20(12-14-22)25(39)19-7-9-21(10-8-19)29(41)44-17-32(3)26(40)23(16-46-48(4,42)45-6-2)47-30(32)38-18-35-24-27(34)36-31(33)37-28(24)38;1-5-32-35(4,30)33-12-17-19(29)23(3,13-31-11-16-9-7-6-8-10-16)22(34-17)28-14-25-18-20(24)26-15(2)27-21(18)28;1-5-25-28(4,24)26-6-10-12(23)16(3,7-22)15(27-10)21-8-18-11-13(17)19-9(2)20-14(11)21/h1,7-14,18,23,26,30,40H,6,15-17H2,2-4H3,(H2,34,36,37);6-10,14,17,19,22,29H,5,11-13H2,1-4H3,(H2,24,26,27);8,10,12,15,22-23H,5-7H2,1-4H3,(H2,17,19,20)/t23-,26+,30-,32?,48?;17-,19+,22-,23?,35?;10-,12+,15-,16?,28?/m111/s1. The largest absolute Gasteiger partial charge is 0.481 e. The summed E-state index contributed by atoms with van der Waals surface area (Å²) in [7, 11) is -9.99. The number of nitrogens with two attached hydrogens (primary N) is 3. The van der Waals surface area contributed by atoms with Gasteiger partial charge in [-0.2, -0.15) is 9.97 Å². The van der Waals surface area contributed by atoms with Crippen LogP contribution in [0.5, 0.6) is 5.75 Å². The maximum absolute atomic E-state index is 13.2. The Kier molecular flexibility index (Phi) is 27.4. The molecule has 15 atom stereocenters. The SMILES string of the molecule is C#CCOc1ccc(C(=O)c2ccc(C(=O)OCC3(C)[C@@H](O)[C@@H](COP(C)(=O)OCC)O[C@H]3n3cnc4c(N)nc(Cl)nc43)cc2)cc1.CCOP(C)(=O)OC[C@H]1O[C@@H](n2cnc3c(N)nc(C)nc32)C(C)(CO)[C@H]1O.CCOP(C)(=O)OC[C@H]1O[C@@H](n2cnc3c(N)nc(C)nc32)C(C)(COCc2ccccc2)[C@H]1O. The van der Waals surface area contributed by atoms with Crippen LogP contribution in [0.1, 0.15) is 104 Å². The van der Waals surface area contributed by atoms with E-state index in [1.165, 1.54) is 61.5 Å². The number of terminal acetylenes is 1. The number of hydrogen-bond donors (Lipinski definition) is 7. The number of hydrogen-bond acceptors (Lipinski definition) is 33. The Hall–Kier alpha value is -8.37. The molecule has 40 heteroatoms. The van der Waals surface area contributed by atoms with Gasteiger partial charge in [-0.25, -0.2) is 39.7 Å². The van der Waals surface area contributed by atoms with Crippen LogP contribution < -0.4 is 21.9 Å². The van der Waals surface area contributed by atoms with Gasteiger partial charge in [0.25, 0.3) is 0 Å². The van der Waals surface area contributed by atoms with Crippen molar-refractivity contribution in [3.8, 4) is 18.1 Å². The van der Waals surface area contributed by atoms with Crippen molar-refractivity contribution in [3.63, 3.8) is 0 Å². The first-order valence-corrected chi connectivity index (χ1v) is 41.4. The summed E-state index contributed by atoms with van der Waals surface area (Å²) < 4.78 is 110. The van der Waals surface area contributed by atoms with Crippen LogP contribution in [0.3, 0.4) is 0 Å². The fraction of sp³-hybridized carbons (Fsp3) is 0.479. The molecule has 9 aromatic rings. The van der Waals surface area contributed by atoms with Crippen LogP contribution in [0.4, 0.5) is 17.5 Å². The first-order chi connectivity index (χ1) is 52.6. The van der Waals surface area contributed by atoms with E-state index >= 15 is 0 Å². The van der Waals surface area contributed by atoms with Crippen LogP contribution in [0.25, 0.3) is 33.5 Å². The molecule has 0 aliphatic carbocycles. The van der Waals surface area contributed by atoms with Crippen LogP contribution in [0, 0.1) is 42.4 Å². The van der Waals surface area contributed by atoms with Gasteiger partial charge in [0.2, 0.25) is 5.28 Å². The molecule has 0 spiro atoms. The first-order valence-electron chi connectivity index (χ1n) is 35.0. The average Bonchev–Trinajstić information content (AvgIpc) is 1.62. The second-order valence-electron chi connectivity index (χ2n) is 27.2. The van der Waals surface area contributed by atoms with Gasteiger partial charge in [0.15, 0.2) is 40.2 Å². The van der Waals surface area contributed by atoms with Gasteiger partial charge in [0.05, 0.1) is 119 Å². The van der Waals surface area contributed by atoms with Crippen molar-refractivity contribution in [1.82, 2.24) is 58.6 Å². The third-order valence-electron chi connectivity index (χ3n) is 18.7. The topological polar surface area (TPSA) is 486 Å². The molecule has 10 N–H and O–H groups in total. The number of halogens is 1. The van der Waals surface area contributed by atoms with E-state index in [2.05, 4.69) is 50.8 Å². The Morgan fingerprint density at radius 3 is 1.37 bits per heavy atom. The number of aliphatic hydroxyl groups excluding tert-OH is 4. The van der Waals surface area contributed by atoms with E-state index in [4.69, 9.17) is 90.8 Å². The van der Waals surface area contributed by atoms with Gasteiger partial charge in [-0.05, 0) is 95.1 Å². The minimum atomic E-state index is -3.44. The summed E-state index contributed by atoms with van der Waals surface area (Å²) in [5.41, 5.74) is 18.8. The normalized spacial score (nSPS) is 25.3. The number of rotatable bonds is 30. The number of ether oxygens (including phenoxy) is 6. The zero-order valence-electron chi connectivity index (χ0n) is 62.8. The molecular formula is C71H91ClN15O21P3. The molecule has 6 aromatic heterocycles. The summed E-state index contributed by atoms with van der Waals surface area (Å²) in [6, 6.07) is 22.2. The Morgan fingerprint density at radius 2 is 0.946 bits per heavy atom. The number of nitrogens with zero attached hydrogens (tertiary/aromatic N) is 12. The van der Waals surface area contributed by atoms with E-state index in [9.17, 15) is 43.7 Å². The van der Waals surface area contributed by atoms with E-state index in [1.807, 2.05) is 37.3 Å². The van der Waals surface area contributed by atoms with Gasteiger partial charge in [0.1, 0.15) is 84.2 Å². The lowest BCUT2D eigenvalue weighted by molar-refractivity contribution is -0.0736. The molecule has 3 aliphatic rings. The highest BCUT2D eigenvalue weighted by molar-refractivity contribution is 7.53. The number of ketones is 1. The van der Waals surface area contributed by atoms with E-state index in [0.29, 0.717) is 57.5 Å². The van der Waals surface area contributed by atoms with Gasteiger partial charge >= 0.3 is 28.8 Å². The van der Waals surface area contributed by atoms with Crippen LogP contribution in [0.15, 0.2) is 97.8 Å². The summed E-state index contributed by atoms with van der Waals surface area (Å²) in [6.07, 6.45) is 1.03. The molecule has 12 rings (SSSR count). The molecule has 111 heavy (non-hydrogen) atoms. The summed E-state index contributed by atoms with van der Waals surface area (Å²) >= 11 is 6.08. The van der Waals surface area contributed by atoms with Gasteiger partial charge in [-0.15, -0.1) is 6.42 Å². The fourth-order valence-corrected chi connectivity index (χ4v) is 16.0. The number of imidazole rings is 3. The number of carbonyl (C=O) groups is 2. The number of fused-ring (bicyclic) bond motifs is 3. The lowest BCUT2D eigenvalue weighted by atomic mass is 9.83. The smallest absolute Gasteiger partial charge is 0.338 e. The van der Waals surface area contributed by atoms with Crippen molar-refractivity contribution in [2.24, 2.45) is 16.2 Å². The number of nitrogen functional groups attached to an aromatic ring is 3. The lowest BCUT2D eigenvalue weighted by Gasteiger charge is -2.33. The molecule has 6 unspecified atom stereocenters. The summed E-state index contributed by atoms with van der Waals surface area (Å²) in [6.45, 7) is 17.8. The molecule has 0 amide bonds. The third-order valence-corrected chi connectivity index (χ3v) is 22.9. The van der Waals surface area contributed by atoms with Crippen molar-refractivity contribution in [1.29, 1.82) is 0 Å². The molecule has 3 saturated heterocycles. The molecule has 9 heterocycles. The second-order valence-corrected chi connectivity index (χ2v) is 33.7. The molecular weight excluding hydrogens is 1530 g/mol. The molecule has 3 fully saturated rings. The van der Waals surface area contributed by atoms with Crippen LogP contribution in [-0.2, 0) is 71.1 Å². The Balaban J connectivity index is 0.000000184. The number of benzene rings is 3. The molecule has 0 bridgehead atoms. The highest BCUT2D eigenvalue weighted by atomic mass is 35.5. The van der Waals surface area contributed by atoms with Gasteiger partial charge in [-0.1, -0.05) is 62.2 Å².